The highest BCUT2D eigenvalue weighted by atomic mass is 16.5. The maximum atomic E-state index is 12.8. The van der Waals surface area contributed by atoms with E-state index in [9.17, 15) is 4.79 Å². The summed E-state index contributed by atoms with van der Waals surface area (Å²) in [5.74, 6) is 0.366. The highest BCUT2D eigenvalue weighted by Gasteiger charge is 2.24. The Hall–Kier alpha value is -2.34. The molecule has 1 aromatic heterocycles. The van der Waals surface area contributed by atoms with Crippen molar-refractivity contribution in [2.75, 3.05) is 13.2 Å². The van der Waals surface area contributed by atoms with E-state index in [1.165, 1.54) is 0 Å². The van der Waals surface area contributed by atoms with E-state index in [1.54, 1.807) is 10.9 Å². The molecule has 0 radical (unpaired) electrons. The monoisotopic (exact) mass is 342 g/mol. The lowest BCUT2D eigenvalue weighted by Crippen LogP contribution is -2.46. The van der Waals surface area contributed by atoms with Gasteiger partial charge in [-0.2, -0.15) is 5.10 Å². The Labute approximate surface area is 148 Å². The first-order valence-electron chi connectivity index (χ1n) is 8.99. The molecule has 1 saturated heterocycles. The molecular formula is C19H26N4O2. The SMILES string of the molecule is CCCOc1cn(-c2ccccc2)nc1C(=O)NC1CCNC(C)C1. The maximum absolute atomic E-state index is 12.8. The predicted octanol–water partition coefficient (Wildman–Crippen LogP) is 2.53. The van der Waals surface area contributed by atoms with Gasteiger partial charge in [-0.25, -0.2) is 4.68 Å². The summed E-state index contributed by atoms with van der Waals surface area (Å²) in [7, 11) is 0. The normalized spacial score (nSPS) is 20.2. The summed E-state index contributed by atoms with van der Waals surface area (Å²) in [4.78, 5) is 12.8. The predicted molar refractivity (Wildman–Crippen MR) is 97.3 cm³/mol. The first kappa shape index (κ1) is 17.5. The van der Waals surface area contributed by atoms with Crippen LogP contribution in [0.2, 0.25) is 0 Å². The average molecular weight is 342 g/mol. The second kappa shape index (κ2) is 8.16. The van der Waals surface area contributed by atoms with Gasteiger partial charge in [-0.3, -0.25) is 4.79 Å². The van der Waals surface area contributed by atoms with Crippen LogP contribution in [0.1, 0.15) is 43.6 Å². The molecule has 6 heteroatoms. The summed E-state index contributed by atoms with van der Waals surface area (Å²) in [6.07, 6.45) is 4.52. The molecular weight excluding hydrogens is 316 g/mol. The van der Waals surface area contributed by atoms with Crippen molar-refractivity contribution < 1.29 is 9.53 Å². The number of carbonyl (C=O) groups excluding carboxylic acids is 1. The van der Waals surface area contributed by atoms with E-state index >= 15 is 0 Å². The van der Waals surface area contributed by atoms with Gasteiger partial charge in [0.05, 0.1) is 18.5 Å². The molecule has 0 bridgehead atoms. The fourth-order valence-corrected chi connectivity index (χ4v) is 3.06. The van der Waals surface area contributed by atoms with Gasteiger partial charge in [0, 0.05) is 12.1 Å². The van der Waals surface area contributed by atoms with Crippen LogP contribution >= 0.6 is 0 Å². The Kier molecular flexibility index (Phi) is 5.71. The van der Waals surface area contributed by atoms with Crippen LogP contribution in [-0.4, -0.2) is 40.9 Å². The molecule has 25 heavy (non-hydrogen) atoms. The van der Waals surface area contributed by atoms with Crippen LogP contribution in [0.15, 0.2) is 36.5 Å². The van der Waals surface area contributed by atoms with Gasteiger partial charge >= 0.3 is 0 Å². The third-order valence-electron chi connectivity index (χ3n) is 4.34. The number of benzene rings is 1. The van der Waals surface area contributed by atoms with Gasteiger partial charge in [-0.1, -0.05) is 25.1 Å². The molecule has 2 heterocycles. The van der Waals surface area contributed by atoms with Crippen molar-refractivity contribution in [2.24, 2.45) is 0 Å². The Morgan fingerprint density at radius 3 is 2.92 bits per heavy atom. The molecule has 0 saturated carbocycles. The van der Waals surface area contributed by atoms with E-state index < -0.39 is 0 Å². The quantitative estimate of drug-likeness (QED) is 0.846. The third kappa shape index (κ3) is 4.39. The fourth-order valence-electron chi connectivity index (χ4n) is 3.06. The van der Waals surface area contributed by atoms with E-state index in [0.717, 1.165) is 31.5 Å². The lowest BCUT2D eigenvalue weighted by atomic mass is 10.0. The number of piperidine rings is 1. The van der Waals surface area contributed by atoms with E-state index in [-0.39, 0.29) is 11.9 Å². The zero-order chi connectivity index (χ0) is 17.6. The van der Waals surface area contributed by atoms with Gasteiger partial charge in [0.2, 0.25) is 0 Å². The Bertz CT molecular complexity index is 699. The van der Waals surface area contributed by atoms with Crippen molar-refractivity contribution >= 4 is 5.91 Å². The zero-order valence-electron chi connectivity index (χ0n) is 14.9. The van der Waals surface area contributed by atoms with Crippen LogP contribution in [0.25, 0.3) is 5.69 Å². The van der Waals surface area contributed by atoms with E-state index in [4.69, 9.17) is 4.74 Å². The minimum absolute atomic E-state index is 0.167. The standard InChI is InChI=1S/C19H26N4O2/c1-3-11-25-17-13-23(16-7-5-4-6-8-16)22-18(17)19(24)21-15-9-10-20-14(2)12-15/h4-8,13-15,20H,3,9-12H2,1-2H3,(H,21,24). The number of para-hydroxylation sites is 1. The number of hydrogen-bond acceptors (Lipinski definition) is 4. The molecule has 2 unspecified atom stereocenters. The van der Waals surface area contributed by atoms with Crippen LogP contribution in [0.4, 0.5) is 0 Å². The first-order valence-corrected chi connectivity index (χ1v) is 8.99. The second-order valence-corrected chi connectivity index (χ2v) is 6.52. The molecule has 2 atom stereocenters. The lowest BCUT2D eigenvalue weighted by molar-refractivity contribution is 0.0916. The Balaban J connectivity index is 1.80. The Morgan fingerprint density at radius 1 is 1.40 bits per heavy atom. The van der Waals surface area contributed by atoms with Gasteiger partial charge in [0.1, 0.15) is 0 Å². The van der Waals surface area contributed by atoms with Gasteiger partial charge in [-0.15, -0.1) is 0 Å². The number of nitrogens with one attached hydrogen (secondary N) is 2. The molecule has 1 fully saturated rings. The Morgan fingerprint density at radius 2 is 2.20 bits per heavy atom. The van der Waals surface area contributed by atoms with Gasteiger partial charge < -0.3 is 15.4 Å². The summed E-state index contributed by atoms with van der Waals surface area (Å²) in [6, 6.07) is 10.3. The zero-order valence-corrected chi connectivity index (χ0v) is 14.9. The van der Waals surface area contributed by atoms with Crippen LogP contribution in [0.5, 0.6) is 5.75 Å². The minimum Gasteiger partial charge on any atom is -0.489 e. The molecule has 0 spiro atoms. The number of aromatic nitrogens is 2. The topological polar surface area (TPSA) is 68.2 Å². The van der Waals surface area contributed by atoms with Crippen molar-refractivity contribution in [3.05, 3.63) is 42.2 Å². The fraction of sp³-hybridized carbons (Fsp3) is 0.474. The van der Waals surface area contributed by atoms with Gasteiger partial charge in [0.15, 0.2) is 11.4 Å². The van der Waals surface area contributed by atoms with Gasteiger partial charge in [-0.05, 0) is 44.9 Å². The summed E-state index contributed by atoms with van der Waals surface area (Å²) in [6.45, 7) is 5.66. The van der Waals surface area contributed by atoms with Crippen LogP contribution in [0.3, 0.4) is 0 Å². The number of rotatable bonds is 6. The van der Waals surface area contributed by atoms with E-state index in [0.29, 0.717) is 24.1 Å². The largest absolute Gasteiger partial charge is 0.489 e. The average Bonchev–Trinajstić information content (AvgIpc) is 3.05. The molecule has 6 nitrogen and oxygen atoms in total. The molecule has 3 rings (SSSR count). The molecule has 1 aliphatic heterocycles. The van der Waals surface area contributed by atoms with Gasteiger partial charge in [0.25, 0.3) is 5.91 Å². The summed E-state index contributed by atoms with van der Waals surface area (Å²) < 4.78 is 7.46. The molecule has 0 aliphatic carbocycles. The second-order valence-electron chi connectivity index (χ2n) is 6.52. The highest BCUT2D eigenvalue weighted by molar-refractivity contribution is 5.95. The molecule has 1 aliphatic rings. The van der Waals surface area contributed by atoms with Crippen molar-refractivity contribution in [1.82, 2.24) is 20.4 Å². The van der Waals surface area contributed by atoms with Crippen LogP contribution < -0.4 is 15.4 Å². The molecule has 134 valence electrons. The molecule has 1 amide bonds. The molecule has 2 aromatic rings. The molecule has 2 N–H and O–H groups in total. The van der Waals surface area contributed by atoms with Crippen molar-refractivity contribution in [1.29, 1.82) is 0 Å². The molecule has 1 aromatic carbocycles. The van der Waals surface area contributed by atoms with Crippen molar-refractivity contribution in [2.45, 2.75) is 45.2 Å². The first-order chi connectivity index (χ1) is 12.2. The van der Waals surface area contributed by atoms with Crippen LogP contribution in [0, 0.1) is 0 Å². The number of amides is 1. The highest BCUT2D eigenvalue weighted by Crippen LogP contribution is 2.21. The minimum atomic E-state index is -0.167. The number of ether oxygens (including phenoxy) is 1. The van der Waals surface area contributed by atoms with Crippen LogP contribution in [-0.2, 0) is 0 Å². The smallest absolute Gasteiger partial charge is 0.275 e. The summed E-state index contributed by atoms with van der Waals surface area (Å²) in [5, 5.41) is 11.0. The van der Waals surface area contributed by atoms with Crippen molar-refractivity contribution in [3.63, 3.8) is 0 Å². The number of hydrogen-bond donors (Lipinski definition) is 2. The summed E-state index contributed by atoms with van der Waals surface area (Å²) >= 11 is 0. The van der Waals surface area contributed by atoms with E-state index in [1.807, 2.05) is 37.3 Å². The maximum Gasteiger partial charge on any atom is 0.275 e. The summed E-state index contributed by atoms with van der Waals surface area (Å²) in [5.41, 5.74) is 1.25. The lowest BCUT2D eigenvalue weighted by Gasteiger charge is -2.28. The third-order valence-corrected chi connectivity index (χ3v) is 4.34. The number of nitrogens with zero attached hydrogens (tertiary/aromatic N) is 2. The van der Waals surface area contributed by atoms with Crippen molar-refractivity contribution in [3.8, 4) is 11.4 Å². The number of carbonyl (C=O) groups is 1. The van der Waals surface area contributed by atoms with E-state index in [2.05, 4.69) is 22.7 Å².